The number of amidine groups is 1. The van der Waals surface area contributed by atoms with Crippen LogP contribution < -0.4 is 0 Å². The molecule has 0 spiro atoms. The van der Waals surface area contributed by atoms with Gasteiger partial charge in [-0.25, -0.2) is 0 Å². The molecular formula is C32H35N7. The van der Waals surface area contributed by atoms with Crippen molar-refractivity contribution in [1.29, 1.82) is 10.8 Å². The Morgan fingerprint density at radius 3 is 2.31 bits per heavy atom. The van der Waals surface area contributed by atoms with E-state index in [1.165, 1.54) is 11.3 Å². The number of likely N-dealkylation sites (tertiary alicyclic amines) is 1. The molecule has 0 bridgehead atoms. The van der Waals surface area contributed by atoms with E-state index < -0.39 is 0 Å². The molecule has 0 radical (unpaired) electrons. The molecule has 1 fully saturated rings. The van der Waals surface area contributed by atoms with Gasteiger partial charge in [0.05, 0.1) is 11.4 Å². The van der Waals surface area contributed by atoms with Crippen LogP contribution in [0.15, 0.2) is 91.1 Å². The van der Waals surface area contributed by atoms with Gasteiger partial charge < -0.3 is 4.90 Å². The number of piperidine rings is 1. The Morgan fingerprint density at radius 2 is 1.64 bits per heavy atom. The summed E-state index contributed by atoms with van der Waals surface area (Å²) in [6, 6.07) is 26.2. The maximum absolute atomic E-state index is 8.94. The molecule has 4 aromatic rings. The van der Waals surface area contributed by atoms with Crippen LogP contribution in [0.1, 0.15) is 41.1 Å². The summed E-state index contributed by atoms with van der Waals surface area (Å²) >= 11 is 0. The van der Waals surface area contributed by atoms with Gasteiger partial charge in [0.15, 0.2) is 0 Å². The van der Waals surface area contributed by atoms with Crippen LogP contribution in [0.2, 0.25) is 0 Å². The van der Waals surface area contributed by atoms with Crippen LogP contribution in [0.4, 0.5) is 0 Å². The quantitative estimate of drug-likeness (QED) is 0.202. The van der Waals surface area contributed by atoms with Crippen molar-refractivity contribution in [2.24, 2.45) is 0 Å². The zero-order valence-electron chi connectivity index (χ0n) is 22.6. The van der Waals surface area contributed by atoms with Crippen LogP contribution >= 0.6 is 0 Å². The minimum Gasteiger partial charge on any atom is -0.363 e. The fourth-order valence-corrected chi connectivity index (χ4v) is 4.97. The van der Waals surface area contributed by atoms with Crippen molar-refractivity contribution >= 4 is 17.1 Å². The first-order valence-electron chi connectivity index (χ1n) is 13.4. The second kappa shape index (κ2) is 12.0. The van der Waals surface area contributed by atoms with Crippen molar-refractivity contribution < 1.29 is 0 Å². The van der Waals surface area contributed by atoms with Gasteiger partial charge in [-0.15, -0.1) is 0 Å². The van der Waals surface area contributed by atoms with Gasteiger partial charge in [0.1, 0.15) is 11.5 Å². The molecule has 198 valence electrons. The molecule has 2 aromatic carbocycles. The first-order valence-corrected chi connectivity index (χ1v) is 13.4. The number of pyridine rings is 1. The van der Waals surface area contributed by atoms with E-state index in [0.717, 1.165) is 60.6 Å². The molecule has 3 heterocycles. The molecule has 0 amide bonds. The average Bonchev–Trinajstić information content (AvgIpc) is 3.48. The highest BCUT2D eigenvalue weighted by molar-refractivity contribution is 6.32. The number of likely N-dealkylation sites (N-methyl/N-ethyl adjacent to an activating group) is 1. The topological polar surface area (TPSA) is 95.8 Å². The van der Waals surface area contributed by atoms with E-state index in [0.29, 0.717) is 17.5 Å². The maximum atomic E-state index is 8.94. The predicted octanol–water partition coefficient (Wildman–Crippen LogP) is 5.84. The molecule has 5 rings (SSSR count). The van der Waals surface area contributed by atoms with Gasteiger partial charge in [-0.1, -0.05) is 60.7 Å². The highest BCUT2D eigenvalue weighted by Crippen LogP contribution is 2.29. The standard InChI is InChI=1S/C32H35N7/c1-38(2)31(33)20-27(24-8-4-3-5-9-24)32(34)26-13-11-23(12-14-26)22-39-18-15-25(16-19-39)29-21-30(37-36-29)28-10-6-7-17-35-28/h3-14,17,20-21,25,33-34H,15-16,18-19,22H2,1-2H3,(H,36,37)/b27-20-,33-31?,34-32?. The van der Waals surface area contributed by atoms with E-state index in [2.05, 4.69) is 38.3 Å². The van der Waals surface area contributed by atoms with Crippen LogP contribution in [0.25, 0.3) is 17.0 Å². The zero-order chi connectivity index (χ0) is 27.2. The third kappa shape index (κ3) is 6.38. The molecule has 7 nitrogen and oxygen atoms in total. The third-order valence-corrected chi connectivity index (χ3v) is 7.32. The van der Waals surface area contributed by atoms with Crippen LogP contribution in [0.3, 0.4) is 0 Å². The van der Waals surface area contributed by atoms with Gasteiger partial charge in [-0.05, 0) is 61.3 Å². The van der Waals surface area contributed by atoms with E-state index in [1.54, 1.807) is 17.2 Å². The summed E-state index contributed by atoms with van der Waals surface area (Å²) in [5.74, 6) is 0.847. The van der Waals surface area contributed by atoms with Gasteiger partial charge in [0.2, 0.25) is 0 Å². The number of nitrogens with one attached hydrogen (secondary N) is 3. The lowest BCUT2D eigenvalue weighted by molar-refractivity contribution is 0.203. The molecule has 7 heteroatoms. The number of benzene rings is 2. The van der Waals surface area contributed by atoms with Crippen molar-refractivity contribution in [3.8, 4) is 11.4 Å². The maximum Gasteiger partial charge on any atom is 0.120 e. The molecule has 1 aliphatic heterocycles. The highest BCUT2D eigenvalue weighted by Gasteiger charge is 2.23. The molecule has 0 atom stereocenters. The van der Waals surface area contributed by atoms with E-state index in [9.17, 15) is 0 Å². The first kappa shape index (κ1) is 26.3. The van der Waals surface area contributed by atoms with Crippen molar-refractivity contribution in [3.05, 3.63) is 114 Å². The Bertz CT molecular complexity index is 1430. The van der Waals surface area contributed by atoms with Crippen LogP contribution in [0, 0.1) is 10.8 Å². The Morgan fingerprint density at radius 1 is 0.923 bits per heavy atom. The van der Waals surface area contributed by atoms with Gasteiger partial charge in [-0.2, -0.15) is 5.10 Å². The number of hydrogen-bond acceptors (Lipinski definition) is 5. The molecule has 3 N–H and O–H groups in total. The molecule has 1 aliphatic rings. The summed E-state index contributed by atoms with van der Waals surface area (Å²) in [7, 11) is 3.69. The number of rotatable bonds is 8. The smallest absolute Gasteiger partial charge is 0.120 e. The van der Waals surface area contributed by atoms with E-state index in [1.807, 2.05) is 74.8 Å². The Labute approximate surface area is 230 Å². The highest BCUT2D eigenvalue weighted by atomic mass is 15.1. The lowest BCUT2D eigenvalue weighted by Crippen LogP contribution is -2.32. The molecule has 0 saturated carbocycles. The molecular weight excluding hydrogens is 482 g/mol. The van der Waals surface area contributed by atoms with Gasteiger partial charge >= 0.3 is 0 Å². The second-order valence-electron chi connectivity index (χ2n) is 10.2. The van der Waals surface area contributed by atoms with E-state index in [-0.39, 0.29) is 0 Å². The largest absolute Gasteiger partial charge is 0.363 e. The van der Waals surface area contributed by atoms with Crippen LogP contribution in [0.5, 0.6) is 0 Å². The van der Waals surface area contributed by atoms with E-state index in [4.69, 9.17) is 10.8 Å². The van der Waals surface area contributed by atoms with Gasteiger partial charge in [0, 0.05) is 49.6 Å². The predicted molar refractivity (Wildman–Crippen MR) is 158 cm³/mol. The second-order valence-corrected chi connectivity index (χ2v) is 10.2. The van der Waals surface area contributed by atoms with Crippen molar-refractivity contribution in [2.45, 2.75) is 25.3 Å². The summed E-state index contributed by atoms with van der Waals surface area (Å²) in [4.78, 5) is 8.65. The molecule has 39 heavy (non-hydrogen) atoms. The molecule has 0 unspecified atom stereocenters. The summed E-state index contributed by atoms with van der Waals surface area (Å²) < 4.78 is 0. The number of hydrogen-bond donors (Lipinski definition) is 3. The third-order valence-electron chi connectivity index (χ3n) is 7.32. The Hall–Kier alpha value is -4.36. The zero-order valence-corrected chi connectivity index (χ0v) is 22.6. The van der Waals surface area contributed by atoms with Crippen LogP contribution in [-0.4, -0.2) is 63.7 Å². The minimum absolute atomic E-state index is 0.363. The lowest BCUT2D eigenvalue weighted by atomic mass is 9.92. The fourth-order valence-electron chi connectivity index (χ4n) is 4.97. The van der Waals surface area contributed by atoms with Crippen molar-refractivity contribution in [1.82, 2.24) is 25.0 Å². The number of allylic oxidation sites excluding steroid dienone is 1. The van der Waals surface area contributed by atoms with Crippen LogP contribution in [-0.2, 0) is 6.54 Å². The number of aromatic nitrogens is 3. The number of aromatic amines is 1. The van der Waals surface area contributed by atoms with Gasteiger partial charge in [0.25, 0.3) is 0 Å². The average molecular weight is 518 g/mol. The van der Waals surface area contributed by atoms with Crippen molar-refractivity contribution in [2.75, 3.05) is 27.2 Å². The van der Waals surface area contributed by atoms with Crippen molar-refractivity contribution in [3.63, 3.8) is 0 Å². The molecule has 0 aliphatic carbocycles. The number of H-pyrrole nitrogens is 1. The Kier molecular flexibility index (Phi) is 8.08. The fraction of sp³-hybridized carbons (Fsp3) is 0.250. The normalized spacial score (nSPS) is 14.8. The summed E-state index contributed by atoms with van der Waals surface area (Å²) in [6.07, 6.45) is 5.76. The van der Waals surface area contributed by atoms with Gasteiger partial charge in [-0.3, -0.25) is 25.8 Å². The molecule has 2 aromatic heterocycles. The number of nitrogens with zero attached hydrogens (tertiary/aromatic N) is 4. The molecule has 1 saturated heterocycles. The first-order chi connectivity index (χ1) is 19.0. The SMILES string of the molecule is CN(C)C(=N)/C=C(\C(=N)c1ccc(CN2CCC(c3cc(-c4ccccn4)n[nH]3)CC2)cc1)c1ccccc1. The summed E-state index contributed by atoms with van der Waals surface area (Å²) in [5, 5.41) is 25.0. The monoisotopic (exact) mass is 517 g/mol. The summed E-state index contributed by atoms with van der Waals surface area (Å²) in [5.41, 5.74) is 7.20. The Balaban J connectivity index is 1.20. The summed E-state index contributed by atoms with van der Waals surface area (Å²) in [6.45, 7) is 2.97. The lowest BCUT2D eigenvalue weighted by Gasteiger charge is -2.31. The van der Waals surface area contributed by atoms with E-state index >= 15 is 0 Å². The minimum atomic E-state index is 0.363.